The van der Waals surface area contributed by atoms with Crippen molar-refractivity contribution < 1.29 is 5.11 Å². The number of hydrogen-bond acceptors (Lipinski definition) is 5. The Morgan fingerprint density at radius 2 is 1.62 bits per heavy atom. The van der Waals surface area contributed by atoms with Gasteiger partial charge in [0.2, 0.25) is 5.95 Å². The summed E-state index contributed by atoms with van der Waals surface area (Å²) in [6.45, 7) is 0.000321. The first kappa shape index (κ1) is 16.2. The number of rotatable bonds is 4. The molecule has 0 bridgehead atoms. The van der Waals surface area contributed by atoms with E-state index in [1.54, 1.807) is 0 Å². The van der Waals surface area contributed by atoms with Gasteiger partial charge in [-0.2, -0.15) is 0 Å². The molecule has 5 nitrogen and oxygen atoms in total. The minimum atomic E-state index is 0.000321. The van der Waals surface area contributed by atoms with Gasteiger partial charge in [-0.15, -0.1) is 0 Å². The number of benzene rings is 2. The summed E-state index contributed by atoms with van der Waals surface area (Å²) in [5.74, 6) is 0.250. The number of hydrogen-bond donors (Lipinski definition) is 2. The quantitative estimate of drug-likeness (QED) is 0.594. The summed E-state index contributed by atoms with van der Waals surface area (Å²) in [4.78, 5) is 13.5. The molecule has 2 aromatic heterocycles. The van der Waals surface area contributed by atoms with Gasteiger partial charge in [0.25, 0.3) is 0 Å². The Bertz CT molecular complexity index is 1060. The van der Waals surface area contributed by atoms with Crippen LogP contribution in [0.2, 0.25) is 0 Å². The maximum atomic E-state index is 9.37. The summed E-state index contributed by atoms with van der Waals surface area (Å²) in [6.07, 6.45) is 0.636. The minimum absolute atomic E-state index is 0.000321. The van der Waals surface area contributed by atoms with Gasteiger partial charge < -0.3 is 10.8 Å². The fraction of sp³-hybridized carbons (Fsp3) is 0.0952. The van der Waals surface area contributed by atoms with Crippen molar-refractivity contribution in [1.29, 1.82) is 0 Å². The number of aromatic nitrogens is 3. The first-order valence-electron chi connectivity index (χ1n) is 8.40. The minimum Gasteiger partial charge on any atom is -0.392 e. The molecular formula is C21H18N4O. The topological polar surface area (TPSA) is 84.9 Å². The first-order chi connectivity index (χ1) is 12.7. The van der Waals surface area contributed by atoms with Crippen molar-refractivity contribution in [3.63, 3.8) is 0 Å². The van der Waals surface area contributed by atoms with Gasteiger partial charge in [0, 0.05) is 12.0 Å². The molecule has 2 heterocycles. The molecule has 128 valence electrons. The van der Waals surface area contributed by atoms with E-state index in [1.165, 1.54) is 0 Å². The van der Waals surface area contributed by atoms with Crippen LogP contribution in [0.25, 0.3) is 22.3 Å². The fourth-order valence-corrected chi connectivity index (χ4v) is 3.00. The van der Waals surface area contributed by atoms with E-state index in [0.29, 0.717) is 6.42 Å². The standard InChI is InChI=1S/C21H18N4O/c22-21-24-18-10-9-17(16-8-4-7-15(11-16)13-26)23-20(18)19(25-21)12-14-5-2-1-3-6-14/h1-11,26H,12-13H2,(H2,22,24,25). The van der Waals surface area contributed by atoms with E-state index in [0.717, 1.165) is 39.1 Å². The lowest BCUT2D eigenvalue weighted by atomic mass is 10.1. The van der Waals surface area contributed by atoms with E-state index < -0.39 is 0 Å². The van der Waals surface area contributed by atoms with E-state index in [-0.39, 0.29) is 12.6 Å². The Labute approximate surface area is 151 Å². The van der Waals surface area contributed by atoms with Crippen molar-refractivity contribution in [3.05, 3.63) is 83.6 Å². The van der Waals surface area contributed by atoms with Gasteiger partial charge in [0.15, 0.2) is 0 Å². The van der Waals surface area contributed by atoms with Crippen LogP contribution in [0.3, 0.4) is 0 Å². The highest BCUT2D eigenvalue weighted by atomic mass is 16.3. The van der Waals surface area contributed by atoms with Crippen LogP contribution in [0.15, 0.2) is 66.7 Å². The van der Waals surface area contributed by atoms with Crippen molar-refractivity contribution in [1.82, 2.24) is 15.0 Å². The van der Waals surface area contributed by atoms with Gasteiger partial charge >= 0.3 is 0 Å². The predicted octanol–water partition coefficient (Wildman–Crippen LogP) is 3.36. The SMILES string of the molecule is Nc1nc(Cc2ccccc2)c2nc(-c3cccc(CO)c3)ccc2n1. The smallest absolute Gasteiger partial charge is 0.220 e. The zero-order chi connectivity index (χ0) is 17.9. The van der Waals surface area contributed by atoms with E-state index in [9.17, 15) is 5.11 Å². The Morgan fingerprint density at radius 3 is 2.42 bits per heavy atom. The van der Waals surface area contributed by atoms with E-state index >= 15 is 0 Å². The summed E-state index contributed by atoms with van der Waals surface area (Å²) in [5, 5.41) is 9.37. The second-order valence-corrected chi connectivity index (χ2v) is 6.11. The number of nitrogen functional groups attached to an aromatic ring is 1. The molecule has 5 heteroatoms. The fourth-order valence-electron chi connectivity index (χ4n) is 3.00. The second kappa shape index (κ2) is 6.90. The van der Waals surface area contributed by atoms with Crippen LogP contribution in [0.5, 0.6) is 0 Å². The van der Waals surface area contributed by atoms with Gasteiger partial charge in [-0.25, -0.2) is 15.0 Å². The molecule has 0 spiro atoms. The second-order valence-electron chi connectivity index (χ2n) is 6.11. The van der Waals surface area contributed by atoms with Crippen molar-refractivity contribution >= 4 is 17.0 Å². The summed E-state index contributed by atoms with van der Waals surface area (Å²) >= 11 is 0. The van der Waals surface area contributed by atoms with Crippen LogP contribution in [-0.2, 0) is 13.0 Å². The van der Waals surface area contributed by atoms with Crippen LogP contribution >= 0.6 is 0 Å². The van der Waals surface area contributed by atoms with E-state index in [2.05, 4.69) is 22.1 Å². The molecule has 0 saturated heterocycles. The van der Waals surface area contributed by atoms with Crippen LogP contribution in [0, 0.1) is 0 Å². The van der Waals surface area contributed by atoms with E-state index in [4.69, 9.17) is 10.7 Å². The number of aliphatic hydroxyl groups is 1. The number of nitrogens with zero attached hydrogens (tertiary/aromatic N) is 3. The average Bonchev–Trinajstić information content (AvgIpc) is 2.68. The third kappa shape index (κ3) is 3.25. The Kier molecular flexibility index (Phi) is 4.29. The lowest BCUT2D eigenvalue weighted by Gasteiger charge is -2.09. The largest absolute Gasteiger partial charge is 0.392 e. The molecule has 0 amide bonds. The monoisotopic (exact) mass is 342 g/mol. The van der Waals surface area contributed by atoms with Gasteiger partial charge in [-0.3, -0.25) is 0 Å². The number of aliphatic hydroxyl groups excluding tert-OH is 1. The molecule has 3 N–H and O–H groups in total. The Hall–Kier alpha value is -3.31. The van der Waals surface area contributed by atoms with E-state index in [1.807, 2.05) is 54.6 Å². The maximum absolute atomic E-state index is 9.37. The summed E-state index contributed by atoms with van der Waals surface area (Å²) in [6, 6.07) is 21.6. The molecule has 0 atom stereocenters. The summed E-state index contributed by atoms with van der Waals surface area (Å²) < 4.78 is 0. The van der Waals surface area contributed by atoms with Crippen molar-refractivity contribution in [2.24, 2.45) is 0 Å². The molecule has 4 aromatic rings. The summed E-state index contributed by atoms with van der Waals surface area (Å²) in [7, 11) is 0. The highest BCUT2D eigenvalue weighted by Gasteiger charge is 2.11. The molecule has 0 aliphatic rings. The Morgan fingerprint density at radius 1 is 0.808 bits per heavy atom. The highest BCUT2D eigenvalue weighted by molar-refractivity contribution is 5.81. The third-order valence-corrected chi connectivity index (χ3v) is 4.25. The third-order valence-electron chi connectivity index (χ3n) is 4.25. The maximum Gasteiger partial charge on any atom is 0.220 e. The average molecular weight is 342 g/mol. The molecule has 2 aromatic carbocycles. The molecule has 4 rings (SSSR count). The van der Waals surface area contributed by atoms with Crippen molar-refractivity contribution in [2.75, 3.05) is 5.73 Å². The summed E-state index contributed by atoms with van der Waals surface area (Å²) in [5.41, 5.74) is 11.9. The van der Waals surface area contributed by atoms with Gasteiger partial charge in [0.05, 0.1) is 23.5 Å². The zero-order valence-electron chi connectivity index (χ0n) is 14.1. The van der Waals surface area contributed by atoms with Gasteiger partial charge in [0.1, 0.15) is 5.52 Å². The first-order valence-corrected chi connectivity index (χ1v) is 8.40. The molecule has 0 unspecified atom stereocenters. The molecule has 26 heavy (non-hydrogen) atoms. The number of anilines is 1. The Balaban J connectivity index is 1.83. The number of fused-ring (bicyclic) bond motifs is 1. The molecule has 0 aliphatic carbocycles. The van der Waals surface area contributed by atoms with Gasteiger partial charge in [-0.1, -0.05) is 48.5 Å². The van der Waals surface area contributed by atoms with Gasteiger partial charge in [-0.05, 0) is 29.3 Å². The molecule has 0 fully saturated rings. The molecule has 0 saturated carbocycles. The number of nitrogens with two attached hydrogens (primary N) is 1. The van der Waals surface area contributed by atoms with Crippen molar-refractivity contribution in [2.45, 2.75) is 13.0 Å². The zero-order valence-corrected chi connectivity index (χ0v) is 14.1. The van der Waals surface area contributed by atoms with Crippen LogP contribution in [0.1, 0.15) is 16.8 Å². The van der Waals surface area contributed by atoms with Crippen LogP contribution in [0.4, 0.5) is 5.95 Å². The lowest BCUT2D eigenvalue weighted by molar-refractivity contribution is 0.282. The molecule has 0 radical (unpaired) electrons. The van der Waals surface area contributed by atoms with Crippen LogP contribution in [-0.4, -0.2) is 20.1 Å². The van der Waals surface area contributed by atoms with Crippen LogP contribution < -0.4 is 5.73 Å². The molecular weight excluding hydrogens is 324 g/mol. The normalized spacial score (nSPS) is 11.0. The molecule has 0 aliphatic heterocycles. The number of pyridine rings is 1. The lowest BCUT2D eigenvalue weighted by Crippen LogP contribution is -2.03. The highest BCUT2D eigenvalue weighted by Crippen LogP contribution is 2.24. The predicted molar refractivity (Wildman–Crippen MR) is 102 cm³/mol. The van der Waals surface area contributed by atoms with Crippen molar-refractivity contribution in [3.8, 4) is 11.3 Å².